The molecular weight excluding hydrogens is 447 g/mol. The van der Waals surface area contributed by atoms with Gasteiger partial charge in [-0.25, -0.2) is 8.42 Å². The summed E-state index contributed by atoms with van der Waals surface area (Å²) in [4.78, 5) is 12.0. The first kappa shape index (κ1) is 22.0. The van der Waals surface area contributed by atoms with Crippen LogP contribution < -0.4 is 14.8 Å². The van der Waals surface area contributed by atoms with Gasteiger partial charge >= 0.3 is 0 Å². The Balaban J connectivity index is 1.64. The molecule has 0 fully saturated rings. The Hall–Kier alpha value is -2.74. The van der Waals surface area contributed by atoms with Gasteiger partial charge < -0.3 is 10.1 Å². The fourth-order valence-corrected chi connectivity index (χ4v) is 4.08. The first-order valence-corrected chi connectivity index (χ1v) is 11.0. The highest BCUT2D eigenvalue weighted by Gasteiger charge is 2.17. The van der Waals surface area contributed by atoms with Crippen LogP contribution in [0.15, 0.2) is 71.6 Å². The van der Waals surface area contributed by atoms with E-state index in [-0.39, 0.29) is 22.3 Å². The summed E-state index contributed by atoms with van der Waals surface area (Å²) in [6.07, 6.45) is 0. The van der Waals surface area contributed by atoms with E-state index >= 15 is 0 Å². The maximum absolute atomic E-state index is 12.6. The SMILES string of the molecule is Cc1ccc(NS(=O)(=O)c2ccc(OCC(=O)Nc3cccc(Cl)c3)c(Cl)c2)cc1. The molecule has 9 heteroatoms. The van der Waals surface area contributed by atoms with Crippen molar-refractivity contribution in [2.75, 3.05) is 16.6 Å². The van der Waals surface area contributed by atoms with Crippen molar-refractivity contribution in [1.29, 1.82) is 0 Å². The predicted octanol–water partition coefficient (Wildman–Crippen LogP) is 5.12. The third kappa shape index (κ3) is 5.89. The number of carbonyl (C=O) groups excluding carboxylic acids is 1. The van der Waals surface area contributed by atoms with Crippen LogP contribution in [0.5, 0.6) is 5.75 Å². The Kier molecular flexibility index (Phi) is 6.87. The van der Waals surface area contributed by atoms with Gasteiger partial charge in [0.1, 0.15) is 5.75 Å². The van der Waals surface area contributed by atoms with E-state index in [1.807, 2.05) is 6.92 Å². The topological polar surface area (TPSA) is 84.5 Å². The second-order valence-corrected chi connectivity index (χ2v) is 8.94. The summed E-state index contributed by atoms with van der Waals surface area (Å²) in [5, 5.41) is 3.20. The molecule has 3 aromatic carbocycles. The molecular formula is C21H18Cl2N2O4S. The van der Waals surface area contributed by atoms with E-state index in [2.05, 4.69) is 10.0 Å². The zero-order valence-electron chi connectivity index (χ0n) is 15.9. The summed E-state index contributed by atoms with van der Waals surface area (Å²) in [7, 11) is -3.82. The van der Waals surface area contributed by atoms with Crippen LogP contribution in [0.4, 0.5) is 11.4 Å². The van der Waals surface area contributed by atoms with Gasteiger partial charge in [-0.2, -0.15) is 0 Å². The third-order valence-corrected chi connectivity index (χ3v) is 5.89. The van der Waals surface area contributed by atoms with Gasteiger partial charge in [-0.05, 0) is 55.5 Å². The molecule has 6 nitrogen and oxygen atoms in total. The summed E-state index contributed by atoms with van der Waals surface area (Å²) in [6, 6.07) is 17.7. The fourth-order valence-electron chi connectivity index (χ4n) is 2.51. The molecule has 156 valence electrons. The van der Waals surface area contributed by atoms with Crippen LogP contribution in [-0.2, 0) is 14.8 Å². The Morgan fingerprint density at radius 2 is 1.70 bits per heavy atom. The molecule has 3 rings (SSSR count). The number of sulfonamides is 1. The number of carbonyl (C=O) groups is 1. The highest BCUT2D eigenvalue weighted by atomic mass is 35.5. The van der Waals surface area contributed by atoms with Crippen LogP contribution in [0.1, 0.15) is 5.56 Å². The molecule has 0 aliphatic carbocycles. The van der Waals surface area contributed by atoms with Crippen molar-refractivity contribution in [3.8, 4) is 5.75 Å². The van der Waals surface area contributed by atoms with E-state index in [0.29, 0.717) is 16.4 Å². The lowest BCUT2D eigenvalue weighted by atomic mass is 10.2. The molecule has 3 aromatic rings. The standard InChI is InChI=1S/C21H18Cl2N2O4S/c1-14-5-7-16(8-6-14)25-30(27,28)18-9-10-20(19(23)12-18)29-13-21(26)24-17-4-2-3-15(22)11-17/h2-12,25H,13H2,1H3,(H,24,26). The number of nitrogens with one attached hydrogen (secondary N) is 2. The summed E-state index contributed by atoms with van der Waals surface area (Å²) in [6.45, 7) is 1.60. The van der Waals surface area contributed by atoms with Crippen molar-refractivity contribution in [2.24, 2.45) is 0 Å². The monoisotopic (exact) mass is 464 g/mol. The Morgan fingerprint density at radius 3 is 2.37 bits per heavy atom. The van der Waals surface area contributed by atoms with E-state index in [1.54, 1.807) is 48.5 Å². The number of anilines is 2. The van der Waals surface area contributed by atoms with Crippen molar-refractivity contribution < 1.29 is 17.9 Å². The van der Waals surface area contributed by atoms with Gasteiger partial charge in [-0.3, -0.25) is 9.52 Å². The zero-order valence-corrected chi connectivity index (χ0v) is 18.2. The second-order valence-electron chi connectivity index (χ2n) is 6.41. The number of aryl methyl sites for hydroxylation is 1. The molecule has 0 atom stereocenters. The van der Waals surface area contributed by atoms with E-state index in [1.165, 1.54) is 18.2 Å². The summed E-state index contributed by atoms with van der Waals surface area (Å²) >= 11 is 12.0. The van der Waals surface area contributed by atoms with E-state index in [9.17, 15) is 13.2 Å². The summed E-state index contributed by atoms with van der Waals surface area (Å²) in [5.74, 6) is -0.224. The fraction of sp³-hybridized carbons (Fsp3) is 0.0952. The summed E-state index contributed by atoms with van der Waals surface area (Å²) < 4.78 is 33.0. The Morgan fingerprint density at radius 1 is 0.967 bits per heavy atom. The molecule has 0 unspecified atom stereocenters. The van der Waals surface area contributed by atoms with Gasteiger partial charge in [-0.1, -0.05) is 47.0 Å². The number of hydrogen-bond acceptors (Lipinski definition) is 4. The van der Waals surface area contributed by atoms with Gasteiger partial charge in [0.2, 0.25) is 0 Å². The number of benzene rings is 3. The molecule has 0 radical (unpaired) electrons. The molecule has 0 heterocycles. The average Bonchev–Trinajstić information content (AvgIpc) is 2.68. The molecule has 1 amide bonds. The molecule has 0 bridgehead atoms. The van der Waals surface area contributed by atoms with Gasteiger partial charge in [0, 0.05) is 16.4 Å². The minimum Gasteiger partial charge on any atom is -0.482 e. The minimum atomic E-state index is -3.82. The smallest absolute Gasteiger partial charge is 0.262 e. The van der Waals surface area contributed by atoms with Crippen molar-refractivity contribution in [3.63, 3.8) is 0 Å². The first-order chi connectivity index (χ1) is 14.2. The zero-order chi connectivity index (χ0) is 21.7. The maximum Gasteiger partial charge on any atom is 0.262 e. The van der Waals surface area contributed by atoms with Crippen LogP contribution in [0.2, 0.25) is 10.0 Å². The normalized spacial score (nSPS) is 11.0. The predicted molar refractivity (Wildman–Crippen MR) is 119 cm³/mol. The van der Waals surface area contributed by atoms with Crippen LogP contribution in [0.3, 0.4) is 0 Å². The highest BCUT2D eigenvalue weighted by Crippen LogP contribution is 2.28. The van der Waals surface area contributed by atoms with Gasteiger partial charge in [0.05, 0.1) is 9.92 Å². The van der Waals surface area contributed by atoms with Gasteiger partial charge in [0.15, 0.2) is 6.61 Å². The Labute approximate surface area is 184 Å². The number of halogens is 2. The molecule has 30 heavy (non-hydrogen) atoms. The quantitative estimate of drug-likeness (QED) is 0.507. The average molecular weight is 465 g/mol. The van der Waals surface area contributed by atoms with E-state index in [4.69, 9.17) is 27.9 Å². The van der Waals surface area contributed by atoms with Crippen LogP contribution in [-0.4, -0.2) is 20.9 Å². The van der Waals surface area contributed by atoms with Crippen molar-refractivity contribution in [1.82, 2.24) is 0 Å². The van der Waals surface area contributed by atoms with E-state index in [0.717, 1.165) is 5.56 Å². The molecule has 0 aromatic heterocycles. The van der Waals surface area contributed by atoms with Crippen molar-refractivity contribution in [2.45, 2.75) is 11.8 Å². The summed E-state index contributed by atoms with van der Waals surface area (Å²) in [5.41, 5.74) is 1.99. The number of rotatable bonds is 7. The van der Waals surface area contributed by atoms with Crippen molar-refractivity contribution in [3.05, 3.63) is 82.3 Å². The lowest BCUT2D eigenvalue weighted by Gasteiger charge is -2.12. The van der Waals surface area contributed by atoms with Gasteiger partial charge in [0.25, 0.3) is 15.9 Å². The maximum atomic E-state index is 12.6. The number of ether oxygens (including phenoxy) is 1. The second kappa shape index (κ2) is 9.38. The molecule has 0 aliphatic heterocycles. The van der Waals surface area contributed by atoms with Crippen molar-refractivity contribution >= 4 is 50.5 Å². The first-order valence-electron chi connectivity index (χ1n) is 8.80. The molecule has 0 spiro atoms. The van der Waals surface area contributed by atoms with Crippen LogP contribution in [0, 0.1) is 6.92 Å². The largest absolute Gasteiger partial charge is 0.482 e. The molecule has 0 aliphatic rings. The highest BCUT2D eigenvalue weighted by molar-refractivity contribution is 7.92. The molecule has 0 saturated heterocycles. The molecule has 2 N–H and O–H groups in total. The minimum absolute atomic E-state index is 0.0243. The lowest BCUT2D eigenvalue weighted by Crippen LogP contribution is -2.20. The number of hydrogen-bond donors (Lipinski definition) is 2. The van der Waals surface area contributed by atoms with E-state index < -0.39 is 15.9 Å². The van der Waals surface area contributed by atoms with Crippen LogP contribution in [0.25, 0.3) is 0 Å². The molecule has 0 saturated carbocycles. The lowest BCUT2D eigenvalue weighted by molar-refractivity contribution is -0.118. The Bertz CT molecular complexity index is 1170. The number of amides is 1. The van der Waals surface area contributed by atoms with Gasteiger partial charge in [-0.15, -0.1) is 0 Å². The third-order valence-electron chi connectivity index (χ3n) is 3.98. The van der Waals surface area contributed by atoms with Crippen LogP contribution >= 0.6 is 23.2 Å².